The summed E-state index contributed by atoms with van der Waals surface area (Å²) in [5, 5.41) is 4.43. The van der Waals surface area contributed by atoms with Crippen molar-refractivity contribution in [3.63, 3.8) is 0 Å². The Balaban J connectivity index is 1.67. The lowest BCUT2D eigenvalue weighted by Gasteiger charge is -2.35. The standard InChI is InChI=1S/C14H18BrClN2/c15-13-2-1-12(16)7-11(13)9-18-6-4-14-10(8-18)3-5-17-14/h1-2,7,10,14,17H,3-6,8-9H2. The molecule has 2 aliphatic heterocycles. The van der Waals surface area contributed by atoms with Crippen LogP contribution in [-0.4, -0.2) is 30.6 Å². The third-order valence-corrected chi connectivity index (χ3v) is 5.15. The molecule has 2 heterocycles. The van der Waals surface area contributed by atoms with Crippen molar-refractivity contribution in [2.45, 2.75) is 25.4 Å². The summed E-state index contributed by atoms with van der Waals surface area (Å²) in [5.74, 6) is 0.844. The second-order valence-electron chi connectivity index (χ2n) is 5.37. The van der Waals surface area contributed by atoms with E-state index in [1.54, 1.807) is 0 Å². The molecule has 0 saturated carbocycles. The Kier molecular flexibility index (Phi) is 3.94. The summed E-state index contributed by atoms with van der Waals surface area (Å²) in [5.41, 5.74) is 1.30. The highest BCUT2D eigenvalue weighted by atomic mass is 79.9. The molecule has 0 aromatic heterocycles. The first-order valence-corrected chi connectivity index (χ1v) is 7.79. The molecule has 2 atom stereocenters. The number of nitrogens with one attached hydrogen (secondary N) is 1. The lowest BCUT2D eigenvalue weighted by atomic mass is 9.93. The van der Waals surface area contributed by atoms with Crippen LogP contribution in [0, 0.1) is 5.92 Å². The lowest BCUT2D eigenvalue weighted by Crippen LogP contribution is -2.43. The van der Waals surface area contributed by atoms with E-state index in [-0.39, 0.29) is 0 Å². The van der Waals surface area contributed by atoms with Gasteiger partial charge in [0.1, 0.15) is 0 Å². The van der Waals surface area contributed by atoms with Crippen LogP contribution in [0.15, 0.2) is 22.7 Å². The molecule has 18 heavy (non-hydrogen) atoms. The van der Waals surface area contributed by atoms with Crippen LogP contribution in [0.25, 0.3) is 0 Å². The fourth-order valence-corrected chi connectivity index (χ4v) is 3.74. The van der Waals surface area contributed by atoms with E-state index in [4.69, 9.17) is 11.6 Å². The van der Waals surface area contributed by atoms with Crippen LogP contribution in [0.1, 0.15) is 18.4 Å². The van der Waals surface area contributed by atoms with Crippen molar-refractivity contribution in [1.29, 1.82) is 0 Å². The van der Waals surface area contributed by atoms with E-state index < -0.39 is 0 Å². The number of fused-ring (bicyclic) bond motifs is 1. The van der Waals surface area contributed by atoms with Crippen molar-refractivity contribution in [3.05, 3.63) is 33.3 Å². The summed E-state index contributed by atoms with van der Waals surface area (Å²) in [7, 11) is 0. The minimum Gasteiger partial charge on any atom is -0.314 e. The van der Waals surface area contributed by atoms with Gasteiger partial charge in [-0.2, -0.15) is 0 Å². The summed E-state index contributed by atoms with van der Waals surface area (Å²) in [6.07, 6.45) is 2.61. The van der Waals surface area contributed by atoms with Crippen LogP contribution >= 0.6 is 27.5 Å². The molecule has 3 rings (SSSR count). The van der Waals surface area contributed by atoms with Crippen LogP contribution in [0.5, 0.6) is 0 Å². The Bertz CT molecular complexity index is 438. The molecular formula is C14H18BrClN2. The molecule has 98 valence electrons. The minimum absolute atomic E-state index is 0.768. The second kappa shape index (κ2) is 5.49. The van der Waals surface area contributed by atoms with Crippen molar-refractivity contribution in [2.24, 2.45) is 5.92 Å². The van der Waals surface area contributed by atoms with E-state index in [1.165, 1.54) is 42.5 Å². The number of rotatable bonds is 2. The highest BCUT2D eigenvalue weighted by molar-refractivity contribution is 9.10. The van der Waals surface area contributed by atoms with Crippen molar-refractivity contribution in [2.75, 3.05) is 19.6 Å². The van der Waals surface area contributed by atoms with Gasteiger partial charge in [-0.05, 0) is 55.6 Å². The van der Waals surface area contributed by atoms with Crippen molar-refractivity contribution < 1.29 is 0 Å². The summed E-state index contributed by atoms with van der Waals surface area (Å²) in [4.78, 5) is 2.56. The molecule has 4 heteroatoms. The summed E-state index contributed by atoms with van der Waals surface area (Å²) in [6, 6.07) is 6.82. The third-order valence-electron chi connectivity index (χ3n) is 4.14. The van der Waals surface area contributed by atoms with E-state index in [2.05, 4.69) is 32.2 Å². The SMILES string of the molecule is Clc1ccc(Br)c(CN2CCC3NCCC3C2)c1. The van der Waals surface area contributed by atoms with Gasteiger partial charge in [-0.1, -0.05) is 27.5 Å². The maximum atomic E-state index is 6.07. The predicted octanol–water partition coefficient (Wildman–Crippen LogP) is 3.29. The number of hydrogen-bond acceptors (Lipinski definition) is 2. The third kappa shape index (κ3) is 2.74. The Morgan fingerprint density at radius 3 is 3.17 bits per heavy atom. The number of hydrogen-bond donors (Lipinski definition) is 1. The van der Waals surface area contributed by atoms with Gasteiger partial charge >= 0.3 is 0 Å². The molecule has 2 fully saturated rings. The molecule has 2 aliphatic rings. The Morgan fingerprint density at radius 2 is 2.28 bits per heavy atom. The quantitative estimate of drug-likeness (QED) is 0.896. The maximum Gasteiger partial charge on any atom is 0.0410 e. The fraction of sp³-hybridized carbons (Fsp3) is 0.571. The van der Waals surface area contributed by atoms with Crippen LogP contribution in [-0.2, 0) is 6.54 Å². The van der Waals surface area contributed by atoms with E-state index >= 15 is 0 Å². The second-order valence-corrected chi connectivity index (χ2v) is 6.66. The molecule has 2 nitrogen and oxygen atoms in total. The minimum atomic E-state index is 0.768. The van der Waals surface area contributed by atoms with Crippen LogP contribution in [0.3, 0.4) is 0 Å². The Morgan fingerprint density at radius 1 is 1.39 bits per heavy atom. The molecule has 1 aromatic rings. The van der Waals surface area contributed by atoms with Gasteiger partial charge in [0.15, 0.2) is 0 Å². The van der Waals surface area contributed by atoms with Gasteiger partial charge in [-0.25, -0.2) is 0 Å². The van der Waals surface area contributed by atoms with Crippen LogP contribution < -0.4 is 5.32 Å². The average molecular weight is 330 g/mol. The first-order chi connectivity index (χ1) is 8.72. The van der Waals surface area contributed by atoms with E-state index in [1.807, 2.05) is 12.1 Å². The topological polar surface area (TPSA) is 15.3 Å². The number of piperidine rings is 1. The molecule has 1 aromatic carbocycles. The van der Waals surface area contributed by atoms with Crippen LogP contribution in [0.2, 0.25) is 5.02 Å². The highest BCUT2D eigenvalue weighted by Gasteiger charge is 2.32. The number of benzene rings is 1. The van der Waals surface area contributed by atoms with Gasteiger partial charge in [-0.15, -0.1) is 0 Å². The smallest absolute Gasteiger partial charge is 0.0410 e. The molecule has 2 saturated heterocycles. The van der Waals surface area contributed by atoms with Gasteiger partial charge in [0.25, 0.3) is 0 Å². The van der Waals surface area contributed by atoms with Gasteiger partial charge in [0, 0.05) is 28.6 Å². The molecule has 1 N–H and O–H groups in total. The predicted molar refractivity (Wildman–Crippen MR) is 78.9 cm³/mol. The van der Waals surface area contributed by atoms with Gasteiger partial charge in [-0.3, -0.25) is 4.90 Å². The van der Waals surface area contributed by atoms with Crippen LogP contribution in [0.4, 0.5) is 0 Å². The monoisotopic (exact) mass is 328 g/mol. The van der Waals surface area contributed by atoms with E-state index in [9.17, 15) is 0 Å². The molecule has 0 spiro atoms. The lowest BCUT2D eigenvalue weighted by molar-refractivity contribution is 0.155. The van der Waals surface area contributed by atoms with Gasteiger partial charge < -0.3 is 5.32 Å². The first kappa shape index (κ1) is 12.9. The maximum absolute atomic E-state index is 6.07. The summed E-state index contributed by atoms with van der Waals surface area (Å²) >= 11 is 9.69. The Labute approximate surface area is 122 Å². The number of nitrogens with zero attached hydrogens (tertiary/aromatic N) is 1. The zero-order valence-corrected chi connectivity index (χ0v) is 12.7. The van der Waals surface area contributed by atoms with Crippen molar-refractivity contribution in [1.82, 2.24) is 10.2 Å². The molecule has 0 aliphatic carbocycles. The van der Waals surface area contributed by atoms with Gasteiger partial charge in [0.05, 0.1) is 0 Å². The number of halogens is 2. The largest absolute Gasteiger partial charge is 0.314 e. The zero-order valence-electron chi connectivity index (χ0n) is 10.3. The van der Waals surface area contributed by atoms with E-state index in [0.717, 1.165) is 23.5 Å². The highest BCUT2D eigenvalue weighted by Crippen LogP contribution is 2.28. The molecule has 0 radical (unpaired) electrons. The number of likely N-dealkylation sites (tertiary alicyclic amines) is 1. The first-order valence-electron chi connectivity index (χ1n) is 6.62. The van der Waals surface area contributed by atoms with Crippen molar-refractivity contribution in [3.8, 4) is 0 Å². The summed E-state index contributed by atoms with van der Waals surface area (Å²) in [6.45, 7) is 4.61. The molecular weight excluding hydrogens is 312 g/mol. The fourth-order valence-electron chi connectivity index (χ4n) is 3.17. The average Bonchev–Trinajstić information content (AvgIpc) is 2.81. The summed E-state index contributed by atoms with van der Waals surface area (Å²) < 4.78 is 1.17. The Hall–Kier alpha value is -0.0900. The molecule has 0 amide bonds. The normalized spacial score (nSPS) is 28.3. The molecule has 2 unspecified atom stereocenters. The van der Waals surface area contributed by atoms with Crippen molar-refractivity contribution >= 4 is 27.5 Å². The van der Waals surface area contributed by atoms with Gasteiger partial charge in [0.2, 0.25) is 0 Å². The molecule has 0 bridgehead atoms. The van der Waals surface area contributed by atoms with E-state index in [0.29, 0.717) is 0 Å². The zero-order chi connectivity index (χ0) is 12.5.